The summed E-state index contributed by atoms with van der Waals surface area (Å²) in [6.07, 6.45) is 5.86. The molecule has 0 amide bonds. The van der Waals surface area contributed by atoms with Crippen LogP contribution in [0.15, 0.2) is 30.5 Å². The van der Waals surface area contributed by atoms with Crippen molar-refractivity contribution in [3.63, 3.8) is 0 Å². The number of likely N-dealkylation sites (tertiary alicyclic amines) is 1. The lowest BCUT2D eigenvalue weighted by molar-refractivity contribution is 0.0696. The third kappa shape index (κ3) is 4.14. The number of hydrogen-bond donors (Lipinski definition) is 1. The van der Waals surface area contributed by atoms with E-state index in [2.05, 4.69) is 14.9 Å². The second-order valence-electron chi connectivity index (χ2n) is 7.56. The third-order valence-corrected chi connectivity index (χ3v) is 5.55. The maximum atomic E-state index is 14.3. The van der Waals surface area contributed by atoms with E-state index in [1.807, 2.05) is 4.57 Å². The van der Waals surface area contributed by atoms with E-state index < -0.39 is 11.8 Å². The largest absolute Gasteiger partial charge is 0.494 e. The van der Waals surface area contributed by atoms with Gasteiger partial charge < -0.3 is 19.3 Å². The summed E-state index contributed by atoms with van der Waals surface area (Å²) < 4.78 is 21.3. The van der Waals surface area contributed by atoms with Crippen molar-refractivity contribution in [1.29, 1.82) is 0 Å². The smallest absolute Gasteiger partial charge is 0.337 e. The van der Waals surface area contributed by atoms with E-state index in [9.17, 15) is 14.3 Å². The highest BCUT2D eigenvalue weighted by Crippen LogP contribution is 2.28. The summed E-state index contributed by atoms with van der Waals surface area (Å²) >= 11 is 0. The molecule has 0 spiro atoms. The normalized spacial score (nSPS) is 14.5. The summed E-state index contributed by atoms with van der Waals surface area (Å²) in [5.74, 6) is -0.787. The monoisotopic (exact) mass is 412 g/mol. The van der Waals surface area contributed by atoms with Gasteiger partial charge in [-0.25, -0.2) is 19.2 Å². The molecule has 0 radical (unpaired) electrons. The van der Waals surface area contributed by atoms with Crippen molar-refractivity contribution < 1.29 is 19.0 Å². The number of imidazole rings is 1. The predicted octanol–water partition coefficient (Wildman–Crippen LogP) is 3.82. The van der Waals surface area contributed by atoms with Crippen LogP contribution < -0.4 is 4.74 Å². The Hall–Kier alpha value is -3.00. The van der Waals surface area contributed by atoms with Gasteiger partial charge in [-0.15, -0.1) is 0 Å². The molecule has 1 aliphatic heterocycles. The van der Waals surface area contributed by atoms with E-state index in [-0.39, 0.29) is 11.3 Å². The number of nitrogens with zero attached hydrogens (tertiary/aromatic N) is 4. The molecular weight excluding hydrogens is 387 g/mol. The summed E-state index contributed by atoms with van der Waals surface area (Å²) in [7, 11) is 1.42. The molecule has 2 aromatic heterocycles. The molecule has 8 heteroatoms. The molecule has 0 aliphatic carbocycles. The Morgan fingerprint density at radius 3 is 2.67 bits per heavy atom. The molecule has 4 rings (SSSR count). The lowest BCUT2D eigenvalue weighted by atomic mass is 10.2. The van der Waals surface area contributed by atoms with Crippen LogP contribution in [0.25, 0.3) is 22.6 Å². The number of methoxy groups -OCH3 is 1. The zero-order valence-corrected chi connectivity index (χ0v) is 17.0. The van der Waals surface area contributed by atoms with Gasteiger partial charge >= 0.3 is 5.97 Å². The van der Waals surface area contributed by atoms with Crippen molar-refractivity contribution in [3.8, 4) is 17.1 Å². The van der Waals surface area contributed by atoms with Gasteiger partial charge in [-0.1, -0.05) is 0 Å². The molecule has 0 unspecified atom stereocenters. The Bertz CT molecular complexity index is 1060. The van der Waals surface area contributed by atoms with Gasteiger partial charge in [-0.2, -0.15) is 0 Å². The SMILES string of the molecule is COc1ccc(-c2nc3cc(C(=O)O)cnc3n2CCCCN2CCCC2)cc1F. The first-order chi connectivity index (χ1) is 14.6. The first kappa shape index (κ1) is 20.3. The van der Waals surface area contributed by atoms with Crippen LogP contribution in [0.4, 0.5) is 4.39 Å². The fourth-order valence-electron chi connectivity index (χ4n) is 3.98. The molecule has 1 saturated heterocycles. The number of aromatic carboxylic acids is 1. The van der Waals surface area contributed by atoms with Gasteiger partial charge in [0.2, 0.25) is 0 Å². The summed E-state index contributed by atoms with van der Waals surface area (Å²) in [6.45, 7) is 4.08. The molecule has 1 aromatic carbocycles. The number of carbonyl (C=O) groups is 1. The summed E-state index contributed by atoms with van der Waals surface area (Å²) in [5.41, 5.74) is 1.77. The predicted molar refractivity (Wildman–Crippen MR) is 111 cm³/mol. The number of carboxylic acid groups (broad SMARTS) is 1. The minimum absolute atomic E-state index is 0.0774. The quantitative estimate of drug-likeness (QED) is 0.567. The molecular formula is C22H25FN4O3. The van der Waals surface area contributed by atoms with E-state index >= 15 is 0 Å². The van der Waals surface area contributed by atoms with Gasteiger partial charge in [0.1, 0.15) is 11.3 Å². The molecule has 3 heterocycles. The minimum atomic E-state index is -1.05. The van der Waals surface area contributed by atoms with E-state index in [1.54, 1.807) is 12.1 Å². The van der Waals surface area contributed by atoms with Crippen molar-refractivity contribution in [1.82, 2.24) is 19.4 Å². The summed E-state index contributed by atoms with van der Waals surface area (Å²) in [6, 6.07) is 6.22. The molecule has 7 nitrogen and oxygen atoms in total. The first-order valence-corrected chi connectivity index (χ1v) is 10.2. The lowest BCUT2D eigenvalue weighted by Crippen LogP contribution is -2.20. The molecule has 1 fully saturated rings. The van der Waals surface area contributed by atoms with Crippen LogP contribution in [0.2, 0.25) is 0 Å². The average molecular weight is 412 g/mol. The van der Waals surface area contributed by atoms with E-state index in [0.717, 1.165) is 19.4 Å². The molecule has 1 aliphatic rings. The number of pyridine rings is 1. The van der Waals surface area contributed by atoms with Crippen molar-refractivity contribution in [2.24, 2.45) is 0 Å². The highest BCUT2D eigenvalue weighted by Gasteiger charge is 2.18. The number of carboxylic acids is 1. The lowest BCUT2D eigenvalue weighted by Gasteiger charge is -2.15. The fourth-order valence-corrected chi connectivity index (χ4v) is 3.98. The molecule has 0 bridgehead atoms. The maximum Gasteiger partial charge on any atom is 0.337 e. The Morgan fingerprint density at radius 2 is 1.97 bits per heavy atom. The first-order valence-electron chi connectivity index (χ1n) is 10.2. The highest BCUT2D eigenvalue weighted by atomic mass is 19.1. The van der Waals surface area contributed by atoms with Gasteiger partial charge in [0.05, 0.1) is 12.7 Å². The molecule has 0 saturated carbocycles. The van der Waals surface area contributed by atoms with Crippen LogP contribution in [0, 0.1) is 5.82 Å². The Morgan fingerprint density at radius 1 is 1.20 bits per heavy atom. The number of unbranched alkanes of at least 4 members (excludes halogenated alkanes) is 1. The number of hydrogen-bond acceptors (Lipinski definition) is 5. The van der Waals surface area contributed by atoms with Crippen molar-refractivity contribution in [2.45, 2.75) is 32.2 Å². The minimum Gasteiger partial charge on any atom is -0.494 e. The number of aromatic nitrogens is 3. The van der Waals surface area contributed by atoms with Crippen molar-refractivity contribution >= 4 is 17.1 Å². The molecule has 0 atom stereocenters. The van der Waals surface area contributed by atoms with Gasteiger partial charge in [0.25, 0.3) is 0 Å². The van der Waals surface area contributed by atoms with Gasteiger partial charge in [0, 0.05) is 18.3 Å². The van der Waals surface area contributed by atoms with Gasteiger partial charge in [0.15, 0.2) is 17.2 Å². The fraction of sp³-hybridized carbons (Fsp3) is 0.409. The van der Waals surface area contributed by atoms with Crippen LogP contribution >= 0.6 is 0 Å². The summed E-state index contributed by atoms with van der Waals surface area (Å²) in [5, 5.41) is 9.27. The second-order valence-corrected chi connectivity index (χ2v) is 7.56. The molecule has 158 valence electrons. The van der Waals surface area contributed by atoms with E-state index in [1.165, 1.54) is 51.4 Å². The molecule has 30 heavy (non-hydrogen) atoms. The van der Waals surface area contributed by atoms with E-state index in [0.29, 0.717) is 29.1 Å². The van der Waals surface area contributed by atoms with Crippen molar-refractivity contribution in [3.05, 3.63) is 41.8 Å². The molecule has 3 aromatic rings. The Kier molecular flexibility index (Phi) is 5.94. The third-order valence-electron chi connectivity index (χ3n) is 5.55. The second kappa shape index (κ2) is 8.79. The zero-order chi connectivity index (χ0) is 21.1. The number of benzene rings is 1. The van der Waals surface area contributed by atoms with Crippen LogP contribution in [0.5, 0.6) is 5.75 Å². The average Bonchev–Trinajstić information content (AvgIpc) is 3.38. The topological polar surface area (TPSA) is 80.5 Å². The maximum absolute atomic E-state index is 14.3. The van der Waals surface area contributed by atoms with Crippen LogP contribution in [-0.4, -0.2) is 57.3 Å². The van der Waals surface area contributed by atoms with Crippen LogP contribution in [0.3, 0.4) is 0 Å². The zero-order valence-electron chi connectivity index (χ0n) is 17.0. The standard InChI is InChI=1S/C22H25FN4O3/c1-30-19-7-6-15(12-17(19)23)20-25-18-13-16(22(28)29)14-24-21(18)27(20)11-5-4-10-26-8-2-3-9-26/h6-7,12-14H,2-5,8-11H2,1H3,(H,28,29). The van der Waals surface area contributed by atoms with Gasteiger partial charge in [-0.3, -0.25) is 0 Å². The number of aryl methyl sites for hydroxylation is 1. The number of ether oxygens (including phenoxy) is 1. The number of fused-ring (bicyclic) bond motifs is 1. The van der Waals surface area contributed by atoms with Crippen LogP contribution in [0.1, 0.15) is 36.0 Å². The number of rotatable bonds is 8. The van der Waals surface area contributed by atoms with Crippen molar-refractivity contribution in [2.75, 3.05) is 26.7 Å². The Balaban J connectivity index is 1.65. The van der Waals surface area contributed by atoms with Crippen LogP contribution in [-0.2, 0) is 6.54 Å². The number of halogens is 1. The highest BCUT2D eigenvalue weighted by molar-refractivity contribution is 5.91. The summed E-state index contributed by atoms with van der Waals surface area (Å²) in [4.78, 5) is 22.7. The van der Waals surface area contributed by atoms with Gasteiger partial charge in [-0.05, 0) is 69.6 Å². The Labute approximate surface area is 174 Å². The van der Waals surface area contributed by atoms with E-state index in [4.69, 9.17) is 4.74 Å². The molecule has 1 N–H and O–H groups in total.